The van der Waals surface area contributed by atoms with Gasteiger partial charge in [-0.15, -0.1) is 0 Å². The van der Waals surface area contributed by atoms with Gasteiger partial charge in [0.2, 0.25) is 17.6 Å². The van der Waals surface area contributed by atoms with Crippen LogP contribution in [-0.2, 0) is 0 Å². The molecule has 2 aromatic rings. The molecule has 1 aromatic heterocycles. The number of anilines is 1. The largest absolute Gasteiger partial charge is 0.432 e. The lowest BCUT2D eigenvalue weighted by molar-refractivity contribution is -0.385. The second-order valence-corrected chi connectivity index (χ2v) is 4.33. The summed E-state index contributed by atoms with van der Waals surface area (Å²) in [6, 6.07) is 5.66. The summed E-state index contributed by atoms with van der Waals surface area (Å²) in [5.41, 5.74) is 0.487. The van der Waals surface area contributed by atoms with Crippen molar-refractivity contribution < 1.29 is 9.66 Å². The van der Waals surface area contributed by atoms with Crippen LogP contribution in [0.4, 0.5) is 11.6 Å². The minimum atomic E-state index is -0.543. The Balaban J connectivity index is 2.41. The van der Waals surface area contributed by atoms with E-state index in [1.54, 1.807) is 20.0 Å². The van der Waals surface area contributed by atoms with Gasteiger partial charge in [-0.1, -0.05) is 11.6 Å². The summed E-state index contributed by atoms with van der Waals surface area (Å²) in [6.45, 7) is 1.77. The molecule has 0 aliphatic carbocycles. The number of hydrogen-bond acceptors (Lipinski definition) is 6. The molecule has 20 heavy (non-hydrogen) atoms. The van der Waals surface area contributed by atoms with Gasteiger partial charge < -0.3 is 10.1 Å². The summed E-state index contributed by atoms with van der Waals surface area (Å²) in [6.07, 6.45) is 0. The Bertz CT molecular complexity index is 663. The van der Waals surface area contributed by atoms with Crippen LogP contribution >= 0.6 is 11.6 Å². The van der Waals surface area contributed by atoms with Gasteiger partial charge in [0.15, 0.2) is 0 Å². The zero-order chi connectivity index (χ0) is 14.7. The summed E-state index contributed by atoms with van der Waals surface area (Å²) >= 11 is 5.83. The molecule has 0 fully saturated rings. The van der Waals surface area contributed by atoms with Crippen LogP contribution in [0.3, 0.4) is 0 Å². The first-order valence-corrected chi connectivity index (χ1v) is 6.02. The highest BCUT2D eigenvalue weighted by Gasteiger charge is 2.17. The van der Waals surface area contributed by atoms with Crippen LogP contribution in [0, 0.1) is 17.0 Å². The average molecular weight is 295 g/mol. The number of nitro groups is 1. The predicted octanol–water partition coefficient (Wildman–Crippen LogP) is 3.18. The molecular weight excluding hydrogens is 284 g/mol. The van der Waals surface area contributed by atoms with Gasteiger partial charge in [0, 0.05) is 36.0 Å². The molecule has 2 rings (SSSR count). The fourth-order valence-electron chi connectivity index (χ4n) is 1.54. The summed E-state index contributed by atoms with van der Waals surface area (Å²) in [5.74, 6) is 0.597. The van der Waals surface area contributed by atoms with E-state index in [0.29, 0.717) is 16.7 Å². The van der Waals surface area contributed by atoms with Crippen molar-refractivity contribution in [1.82, 2.24) is 9.97 Å². The maximum absolute atomic E-state index is 11.0. The van der Waals surface area contributed by atoms with Crippen LogP contribution in [-0.4, -0.2) is 21.9 Å². The van der Waals surface area contributed by atoms with Gasteiger partial charge >= 0.3 is 5.69 Å². The third-order valence-electron chi connectivity index (χ3n) is 2.39. The highest BCUT2D eigenvalue weighted by atomic mass is 35.5. The van der Waals surface area contributed by atoms with Crippen LogP contribution in [0.2, 0.25) is 5.02 Å². The lowest BCUT2D eigenvalue weighted by atomic mass is 10.3. The molecule has 0 atom stereocenters. The van der Waals surface area contributed by atoms with Crippen molar-refractivity contribution in [2.45, 2.75) is 6.92 Å². The third kappa shape index (κ3) is 3.12. The van der Waals surface area contributed by atoms with Crippen LogP contribution in [0.5, 0.6) is 11.6 Å². The average Bonchev–Trinajstić information content (AvgIpc) is 2.37. The summed E-state index contributed by atoms with van der Waals surface area (Å²) in [4.78, 5) is 18.6. The molecule has 8 heteroatoms. The molecule has 7 nitrogen and oxygen atoms in total. The van der Waals surface area contributed by atoms with Crippen molar-refractivity contribution in [2.24, 2.45) is 0 Å². The second kappa shape index (κ2) is 5.70. The van der Waals surface area contributed by atoms with Crippen molar-refractivity contribution in [3.05, 3.63) is 45.1 Å². The van der Waals surface area contributed by atoms with E-state index >= 15 is 0 Å². The molecule has 0 bridgehead atoms. The number of nitro benzene ring substituents is 1. The molecule has 0 unspecified atom stereocenters. The lowest BCUT2D eigenvalue weighted by Gasteiger charge is -2.08. The van der Waals surface area contributed by atoms with Crippen molar-refractivity contribution >= 4 is 23.2 Å². The molecule has 0 aliphatic heterocycles. The molecular formula is C12H11ClN4O3. The lowest BCUT2D eigenvalue weighted by Crippen LogP contribution is -2.00. The number of ether oxygens (including phenoxy) is 1. The molecule has 1 N–H and O–H groups in total. The van der Waals surface area contributed by atoms with Crippen molar-refractivity contribution in [1.29, 1.82) is 0 Å². The highest BCUT2D eigenvalue weighted by Crippen LogP contribution is 2.33. The van der Waals surface area contributed by atoms with Crippen molar-refractivity contribution in [2.75, 3.05) is 12.4 Å². The molecule has 0 saturated carbocycles. The Hall–Kier alpha value is -2.41. The maximum Gasteiger partial charge on any atom is 0.311 e. The van der Waals surface area contributed by atoms with Crippen LogP contribution < -0.4 is 10.1 Å². The first kappa shape index (κ1) is 14.0. The van der Waals surface area contributed by atoms with E-state index in [2.05, 4.69) is 15.3 Å². The highest BCUT2D eigenvalue weighted by molar-refractivity contribution is 6.30. The molecule has 0 aliphatic rings. The first-order chi connectivity index (χ1) is 9.49. The molecule has 0 spiro atoms. The monoisotopic (exact) mass is 294 g/mol. The van der Waals surface area contributed by atoms with E-state index in [9.17, 15) is 10.1 Å². The standard InChI is InChI=1S/C12H11ClN4O3/c1-7-5-11(16-12(14-2)15-7)20-10-6-8(13)3-4-9(10)17(18)19/h3-6H,1-2H3,(H,14,15,16). The van der Waals surface area contributed by atoms with E-state index in [1.165, 1.54) is 18.2 Å². The fraction of sp³-hybridized carbons (Fsp3) is 0.167. The van der Waals surface area contributed by atoms with Crippen LogP contribution in [0.25, 0.3) is 0 Å². The smallest absolute Gasteiger partial charge is 0.311 e. The summed E-state index contributed by atoms with van der Waals surface area (Å²) < 4.78 is 5.46. The van der Waals surface area contributed by atoms with Gasteiger partial charge in [0.25, 0.3) is 0 Å². The van der Waals surface area contributed by atoms with Crippen molar-refractivity contribution in [3.8, 4) is 11.6 Å². The molecule has 0 radical (unpaired) electrons. The summed E-state index contributed by atoms with van der Waals surface area (Å²) in [5, 5.41) is 14.1. The molecule has 1 aromatic carbocycles. The maximum atomic E-state index is 11.0. The molecule has 0 saturated heterocycles. The number of aryl methyl sites for hydroxylation is 1. The first-order valence-electron chi connectivity index (χ1n) is 5.65. The number of rotatable bonds is 4. The Kier molecular flexibility index (Phi) is 3.99. The SMILES string of the molecule is CNc1nc(C)cc(Oc2cc(Cl)ccc2[N+](=O)[O-])n1. The Morgan fingerprint density at radius 2 is 2.10 bits per heavy atom. The van der Waals surface area contributed by atoms with Gasteiger partial charge in [-0.2, -0.15) is 4.98 Å². The van der Waals surface area contributed by atoms with E-state index in [0.717, 1.165) is 0 Å². The second-order valence-electron chi connectivity index (χ2n) is 3.89. The van der Waals surface area contributed by atoms with Gasteiger partial charge in [0.1, 0.15) is 0 Å². The minimum Gasteiger partial charge on any atom is -0.432 e. The Labute approximate surface area is 119 Å². The van der Waals surface area contributed by atoms with Gasteiger partial charge in [0.05, 0.1) is 4.92 Å². The van der Waals surface area contributed by atoms with Gasteiger partial charge in [-0.3, -0.25) is 10.1 Å². The minimum absolute atomic E-state index is 0.0302. The van der Waals surface area contributed by atoms with Gasteiger partial charge in [-0.05, 0) is 13.0 Å². The van der Waals surface area contributed by atoms with Crippen molar-refractivity contribution in [3.63, 3.8) is 0 Å². The van der Waals surface area contributed by atoms with Crippen LogP contribution in [0.15, 0.2) is 24.3 Å². The quantitative estimate of drug-likeness (QED) is 0.688. The zero-order valence-electron chi connectivity index (χ0n) is 10.8. The zero-order valence-corrected chi connectivity index (χ0v) is 11.5. The van der Waals surface area contributed by atoms with E-state index < -0.39 is 4.92 Å². The Morgan fingerprint density at radius 3 is 2.75 bits per heavy atom. The number of aromatic nitrogens is 2. The van der Waals surface area contributed by atoms with Crippen LogP contribution in [0.1, 0.15) is 5.69 Å². The summed E-state index contributed by atoms with van der Waals surface area (Å²) in [7, 11) is 1.67. The van der Waals surface area contributed by atoms with E-state index in [1.807, 2.05) is 0 Å². The number of nitrogens with zero attached hydrogens (tertiary/aromatic N) is 3. The number of benzene rings is 1. The molecule has 104 valence electrons. The Morgan fingerprint density at radius 1 is 1.35 bits per heavy atom. The fourth-order valence-corrected chi connectivity index (χ4v) is 1.70. The van der Waals surface area contributed by atoms with Gasteiger partial charge in [-0.25, -0.2) is 4.98 Å². The number of nitrogens with one attached hydrogen (secondary N) is 1. The molecule has 1 heterocycles. The van der Waals surface area contributed by atoms with E-state index in [4.69, 9.17) is 16.3 Å². The molecule has 0 amide bonds. The topological polar surface area (TPSA) is 90.2 Å². The predicted molar refractivity (Wildman–Crippen MR) is 74.5 cm³/mol. The number of hydrogen-bond donors (Lipinski definition) is 1. The number of halogens is 1. The van der Waals surface area contributed by atoms with E-state index in [-0.39, 0.29) is 17.3 Å². The third-order valence-corrected chi connectivity index (χ3v) is 2.62. The normalized spacial score (nSPS) is 10.2.